The van der Waals surface area contributed by atoms with E-state index >= 15 is 0 Å². The smallest absolute Gasteiger partial charge is 0.235 e. The molecule has 0 fully saturated rings. The van der Waals surface area contributed by atoms with Gasteiger partial charge in [0.1, 0.15) is 5.75 Å². The van der Waals surface area contributed by atoms with Gasteiger partial charge in [-0.1, -0.05) is 6.07 Å². The Hall–Kier alpha value is -1.60. The SMILES string of the molecule is COCCCNC(=O)CS(=O)(=O)c1cccc(N)c1. The van der Waals surface area contributed by atoms with Gasteiger partial charge in [-0.2, -0.15) is 0 Å². The van der Waals surface area contributed by atoms with Crippen LogP contribution in [0.4, 0.5) is 5.69 Å². The summed E-state index contributed by atoms with van der Waals surface area (Å²) in [5.74, 6) is -1.11. The molecule has 0 saturated heterocycles. The van der Waals surface area contributed by atoms with E-state index in [9.17, 15) is 13.2 Å². The Bertz CT molecular complexity index is 528. The zero-order chi connectivity index (χ0) is 14.3. The molecule has 0 aromatic heterocycles. The van der Waals surface area contributed by atoms with E-state index in [1.54, 1.807) is 19.2 Å². The van der Waals surface area contributed by atoms with Crippen LogP contribution in [0.25, 0.3) is 0 Å². The first-order valence-corrected chi connectivity index (χ1v) is 7.45. The molecule has 0 aliphatic heterocycles. The van der Waals surface area contributed by atoms with E-state index in [0.29, 0.717) is 25.3 Å². The molecule has 0 bridgehead atoms. The maximum absolute atomic E-state index is 11.9. The average molecular weight is 286 g/mol. The summed E-state index contributed by atoms with van der Waals surface area (Å²) >= 11 is 0. The summed E-state index contributed by atoms with van der Waals surface area (Å²) in [4.78, 5) is 11.6. The highest BCUT2D eigenvalue weighted by Gasteiger charge is 2.19. The summed E-state index contributed by atoms with van der Waals surface area (Å²) in [7, 11) is -2.09. The van der Waals surface area contributed by atoms with Crippen molar-refractivity contribution in [3.8, 4) is 0 Å². The van der Waals surface area contributed by atoms with Crippen LogP contribution in [0.2, 0.25) is 0 Å². The monoisotopic (exact) mass is 286 g/mol. The molecule has 0 unspecified atom stereocenters. The lowest BCUT2D eigenvalue weighted by molar-refractivity contribution is -0.118. The summed E-state index contributed by atoms with van der Waals surface area (Å²) < 4.78 is 28.7. The molecule has 0 spiro atoms. The van der Waals surface area contributed by atoms with Crippen molar-refractivity contribution in [3.05, 3.63) is 24.3 Å². The molecule has 106 valence electrons. The number of hydrogen-bond donors (Lipinski definition) is 2. The minimum absolute atomic E-state index is 0.0551. The molecule has 1 amide bonds. The fourth-order valence-electron chi connectivity index (χ4n) is 1.46. The van der Waals surface area contributed by atoms with Crippen LogP contribution in [0.1, 0.15) is 6.42 Å². The highest BCUT2D eigenvalue weighted by molar-refractivity contribution is 7.92. The third kappa shape index (κ3) is 5.27. The third-order valence-electron chi connectivity index (χ3n) is 2.39. The van der Waals surface area contributed by atoms with E-state index < -0.39 is 21.5 Å². The number of benzene rings is 1. The van der Waals surface area contributed by atoms with Crippen LogP contribution in [-0.4, -0.2) is 40.3 Å². The lowest BCUT2D eigenvalue weighted by atomic mass is 10.3. The summed E-state index contributed by atoms with van der Waals surface area (Å²) in [6.07, 6.45) is 0.639. The van der Waals surface area contributed by atoms with Gasteiger partial charge in [0.25, 0.3) is 0 Å². The van der Waals surface area contributed by atoms with E-state index in [4.69, 9.17) is 10.5 Å². The van der Waals surface area contributed by atoms with Crippen LogP contribution < -0.4 is 11.1 Å². The summed E-state index contributed by atoms with van der Waals surface area (Å²) in [5, 5.41) is 2.53. The number of rotatable bonds is 7. The van der Waals surface area contributed by atoms with Gasteiger partial charge in [0.05, 0.1) is 4.90 Å². The maximum atomic E-state index is 11.9. The number of nitrogens with two attached hydrogens (primary N) is 1. The van der Waals surface area contributed by atoms with Gasteiger partial charge in [-0.25, -0.2) is 8.42 Å². The highest BCUT2D eigenvalue weighted by atomic mass is 32.2. The Morgan fingerprint density at radius 3 is 2.79 bits per heavy atom. The van der Waals surface area contributed by atoms with Crippen molar-refractivity contribution in [1.82, 2.24) is 5.32 Å². The van der Waals surface area contributed by atoms with Gasteiger partial charge in [0.2, 0.25) is 5.91 Å². The Labute approximate surface area is 112 Å². The molecule has 0 aliphatic rings. The normalized spacial score (nSPS) is 11.2. The van der Waals surface area contributed by atoms with Gasteiger partial charge >= 0.3 is 0 Å². The molecule has 1 aromatic carbocycles. The van der Waals surface area contributed by atoms with E-state index in [0.717, 1.165) is 0 Å². The number of methoxy groups -OCH3 is 1. The Balaban J connectivity index is 2.57. The Kier molecular flexibility index (Phi) is 5.78. The van der Waals surface area contributed by atoms with Crippen molar-refractivity contribution in [2.24, 2.45) is 0 Å². The number of sulfone groups is 1. The van der Waals surface area contributed by atoms with Crippen LogP contribution >= 0.6 is 0 Å². The molecule has 3 N–H and O–H groups in total. The molecular weight excluding hydrogens is 268 g/mol. The first-order chi connectivity index (χ1) is 8.95. The average Bonchev–Trinajstić information content (AvgIpc) is 2.34. The number of nitrogen functional groups attached to an aromatic ring is 1. The van der Waals surface area contributed by atoms with Gasteiger partial charge in [-0.15, -0.1) is 0 Å². The largest absolute Gasteiger partial charge is 0.399 e. The van der Waals surface area contributed by atoms with Crippen LogP contribution in [0.5, 0.6) is 0 Å². The summed E-state index contributed by atoms with van der Waals surface area (Å²) in [6.45, 7) is 0.904. The van der Waals surface area contributed by atoms with E-state index in [1.807, 2.05) is 0 Å². The molecule has 1 aromatic rings. The van der Waals surface area contributed by atoms with Crippen molar-refractivity contribution >= 4 is 21.4 Å². The topological polar surface area (TPSA) is 98.5 Å². The fraction of sp³-hybridized carbons (Fsp3) is 0.417. The molecule has 0 atom stereocenters. The summed E-state index contributed by atoms with van der Waals surface area (Å²) in [5.41, 5.74) is 5.87. The highest BCUT2D eigenvalue weighted by Crippen LogP contribution is 2.14. The van der Waals surface area contributed by atoms with Crippen molar-refractivity contribution in [3.63, 3.8) is 0 Å². The predicted octanol–water partition coefficient (Wildman–Crippen LogP) is 0.195. The lowest BCUT2D eigenvalue weighted by Crippen LogP contribution is -2.31. The number of nitrogens with one attached hydrogen (secondary N) is 1. The number of anilines is 1. The molecule has 7 heteroatoms. The maximum Gasteiger partial charge on any atom is 0.235 e. The van der Waals surface area contributed by atoms with Crippen LogP contribution in [0.3, 0.4) is 0 Å². The standard InChI is InChI=1S/C12H18N2O4S/c1-18-7-3-6-14-12(15)9-19(16,17)11-5-2-4-10(13)8-11/h2,4-5,8H,3,6-7,9,13H2,1H3,(H,14,15). The minimum atomic E-state index is -3.65. The number of ether oxygens (including phenoxy) is 1. The Morgan fingerprint density at radius 1 is 1.42 bits per heavy atom. The summed E-state index contributed by atoms with van der Waals surface area (Å²) in [6, 6.07) is 5.89. The molecule has 0 saturated carbocycles. The number of carbonyl (C=O) groups excluding carboxylic acids is 1. The zero-order valence-corrected chi connectivity index (χ0v) is 11.6. The first-order valence-electron chi connectivity index (χ1n) is 5.79. The van der Waals surface area contributed by atoms with Gasteiger partial charge in [0.15, 0.2) is 9.84 Å². The van der Waals surface area contributed by atoms with Crippen molar-refractivity contribution in [1.29, 1.82) is 0 Å². The quantitative estimate of drug-likeness (QED) is 0.551. The van der Waals surface area contributed by atoms with Gasteiger partial charge in [-0.3, -0.25) is 4.79 Å². The fourth-order valence-corrected chi connectivity index (χ4v) is 2.67. The van der Waals surface area contributed by atoms with Gasteiger partial charge < -0.3 is 15.8 Å². The zero-order valence-electron chi connectivity index (χ0n) is 10.8. The van der Waals surface area contributed by atoms with E-state index in [1.165, 1.54) is 12.1 Å². The van der Waals surface area contributed by atoms with E-state index in [2.05, 4.69) is 5.32 Å². The molecule has 0 radical (unpaired) electrons. The second kappa shape index (κ2) is 7.10. The van der Waals surface area contributed by atoms with Gasteiger partial charge in [-0.05, 0) is 24.6 Å². The second-order valence-electron chi connectivity index (χ2n) is 4.03. The van der Waals surface area contributed by atoms with Crippen molar-refractivity contribution < 1.29 is 17.9 Å². The molecule has 0 aliphatic carbocycles. The van der Waals surface area contributed by atoms with E-state index in [-0.39, 0.29) is 4.90 Å². The number of hydrogen-bond acceptors (Lipinski definition) is 5. The van der Waals surface area contributed by atoms with Crippen LogP contribution in [0.15, 0.2) is 29.2 Å². The minimum Gasteiger partial charge on any atom is -0.399 e. The molecule has 0 heterocycles. The molecular formula is C12H18N2O4S. The molecule has 1 rings (SSSR count). The van der Waals surface area contributed by atoms with Crippen LogP contribution in [0, 0.1) is 0 Å². The van der Waals surface area contributed by atoms with Crippen molar-refractivity contribution in [2.75, 3.05) is 31.7 Å². The molecule has 19 heavy (non-hydrogen) atoms. The predicted molar refractivity (Wildman–Crippen MR) is 72.4 cm³/mol. The first kappa shape index (κ1) is 15.5. The number of carbonyl (C=O) groups is 1. The Morgan fingerprint density at radius 2 is 2.16 bits per heavy atom. The number of amides is 1. The van der Waals surface area contributed by atoms with Crippen molar-refractivity contribution in [2.45, 2.75) is 11.3 Å². The van der Waals surface area contributed by atoms with Crippen LogP contribution in [-0.2, 0) is 19.4 Å². The molecule has 6 nitrogen and oxygen atoms in total. The second-order valence-corrected chi connectivity index (χ2v) is 6.02. The lowest BCUT2D eigenvalue weighted by Gasteiger charge is -2.06. The third-order valence-corrected chi connectivity index (χ3v) is 4.00. The van der Waals surface area contributed by atoms with Gasteiger partial charge in [0, 0.05) is 25.9 Å².